The molecule has 0 saturated carbocycles. The zero-order valence-corrected chi connectivity index (χ0v) is 13.1. The highest BCUT2D eigenvalue weighted by Gasteiger charge is 2.14. The largest absolute Gasteiger partial charge is 0.346 e. The molecule has 1 aromatic carbocycles. The van der Waals surface area contributed by atoms with E-state index in [0.29, 0.717) is 10.7 Å². The number of aromatic nitrogens is 4. The number of nitrogens with zero attached hydrogens (tertiary/aromatic N) is 3. The quantitative estimate of drug-likeness (QED) is 0.753. The Morgan fingerprint density at radius 3 is 2.58 bits per heavy atom. The molecule has 3 aromatic rings. The van der Waals surface area contributed by atoms with Gasteiger partial charge in [0, 0.05) is 17.8 Å². The van der Waals surface area contributed by atoms with E-state index in [1.165, 1.54) is 0 Å². The molecule has 0 fully saturated rings. The Bertz CT molecular complexity index is 910. The van der Waals surface area contributed by atoms with Gasteiger partial charge in [-0.1, -0.05) is 29.8 Å². The number of halogens is 1. The van der Waals surface area contributed by atoms with E-state index in [1.54, 1.807) is 48.7 Å². The molecule has 0 spiro atoms. The van der Waals surface area contributed by atoms with Crippen molar-refractivity contribution in [2.45, 2.75) is 6.54 Å². The van der Waals surface area contributed by atoms with Gasteiger partial charge in [-0.3, -0.25) is 14.6 Å². The highest BCUT2D eigenvalue weighted by molar-refractivity contribution is 6.30. The number of amides is 1. The van der Waals surface area contributed by atoms with Gasteiger partial charge in [0.15, 0.2) is 5.82 Å². The van der Waals surface area contributed by atoms with E-state index in [0.717, 1.165) is 5.56 Å². The van der Waals surface area contributed by atoms with Crippen LogP contribution in [-0.4, -0.2) is 26.1 Å². The maximum atomic E-state index is 12.1. The highest BCUT2D eigenvalue weighted by atomic mass is 35.5. The molecule has 0 unspecified atom stereocenters. The molecule has 3 rings (SSSR count). The van der Waals surface area contributed by atoms with E-state index in [1.807, 2.05) is 0 Å². The Morgan fingerprint density at radius 1 is 1.12 bits per heavy atom. The third-order valence-corrected chi connectivity index (χ3v) is 3.44. The van der Waals surface area contributed by atoms with Crippen LogP contribution in [-0.2, 0) is 6.54 Å². The van der Waals surface area contributed by atoms with Crippen molar-refractivity contribution < 1.29 is 4.79 Å². The summed E-state index contributed by atoms with van der Waals surface area (Å²) in [5.74, 6) is -0.402. The van der Waals surface area contributed by atoms with Crippen molar-refractivity contribution >= 4 is 17.5 Å². The standard InChI is InChI=1S/C16H12ClN5O2/c17-11-6-4-10(5-7-11)9-19-15(23)13-16(24)20-14(22-21-13)12-3-1-2-8-18-12/h1-8H,9H2,(H,19,23)(H,20,22,24). The highest BCUT2D eigenvalue weighted by Crippen LogP contribution is 2.09. The van der Waals surface area contributed by atoms with Crippen molar-refractivity contribution in [3.63, 3.8) is 0 Å². The van der Waals surface area contributed by atoms with Crippen molar-refractivity contribution in [1.29, 1.82) is 0 Å². The molecule has 2 heterocycles. The number of rotatable bonds is 4. The molecule has 7 nitrogen and oxygen atoms in total. The molecule has 0 atom stereocenters. The second kappa shape index (κ2) is 7.01. The van der Waals surface area contributed by atoms with Gasteiger partial charge in [0.25, 0.3) is 11.5 Å². The first-order valence-electron chi connectivity index (χ1n) is 7.04. The minimum Gasteiger partial charge on any atom is -0.346 e. The average Bonchev–Trinajstić information content (AvgIpc) is 2.61. The third kappa shape index (κ3) is 3.64. The summed E-state index contributed by atoms with van der Waals surface area (Å²) in [6.45, 7) is 0.249. The van der Waals surface area contributed by atoms with Gasteiger partial charge in [-0.15, -0.1) is 10.2 Å². The topological polar surface area (TPSA) is 101 Å². The van der Waals surface area contributed by atoms with Crippen LogP contribution in [0.1, 0.15) is 16.1 Å². The summed E-state index contributed by atoms with van der Waals surface area (Å²) in [7, 11) is 0. The van der Waals surface area contributed by atoms with Crippen molar-refractivity contribution in [2.24, 2.45) is 0 Å². The first-order chi connectivity index (χ1) is 11.6. The molecular weight excluding hydrogens is 330 g/mol. The molecular formula is C16H12ClN5O2. The number of carbonyl (C=O) groups excluding carboxylic acids is 1. The normalized spacial score (nSPS) is 10.4. The summed E-state index contributed by atoms with van der Waals surface area (Å²) in [6.07, 6.45) is 1.57. The number of hydrogen-bond donors (Lipinski definition) is 2. The molecule has 8 heteroatoms. The van der Waals surface area contributed by atoms with Crippen LogP contribution in [0.25, 0.3) is 11.5 Å². The molecule has 24 heavy (non-hydrogen) atoms. The summed E-state index contributed by atoms with van der Waals surface area (Å²) in [4.78, 5) is 30.7. The number of carbonyl (C=O) groups is 1. The van der Waals surface area contributed by atoms with Crippen LogP contribution in [0, 0.1) is 0 Å². The molecule has 0 saturated heterocycles. The average molecular weight is 342 g/mol. The van der Waals surface area contributed by atoms with Crippen molar-refractivity contribution in [3.8, 4) is 11.5 Å². The lowest BCUT2D eigenvalue weighted by atomic mass is 10.2. The summed E-state index contributed by atoms with van der Waals surface area (Å²) in [5.41, 5.74) is 0.389. The smallest absolute Gasteiger partial charge is 0.283 e. The summed E-state index contributed by atoms with van der Waals surface area (Å²) < 4.78 is 0. The maximum Gasteiger partial charge on any atom is 0.283 e. The number of H-pyrrole nitrogens is 1. The van der Waals surface area contributed by atoms with Gasteiger partial charge in [-0.25, -0.2) is 0 Å². The Balaban J connectivity index is 1.73. The van der Waals surface area contributed by atoms with E-state index in [-0.39, 0.29) is 18.1 Å². The summed E-state index contributed by atoms with van der Waals surface area (Å²) >= 11 is 5.80. The Kier molecular flexibility index (Phi) is 4.62. The molecule has 0 aliphatic rings. The lowest BCUT2D eigenvalue weighted by molar-refractivity contribution is 0.0943. The SMILES string of the molecule is O=C(NCc1ccc(Cl)cc1)c1nnc(-c2ccccn2)[nH]c1=O. The van der Waals surface area contributed by atoms with Gasteiger partial charge in [-0.2, -0.15) is 0 Å². The van der Waals surface area contributed by atoms with E-state index in [2.05, 4.69) is 25.5 Å². The lowest BCUT2D eigenvalue weighted by Crippen LogP contribution is -2.31. The summed E-state index contributed by atoms with van der Waals surface area (Å²) in [6, 6.07) is 12.2. The van der Waals surface area contributed by atoms with Gasteiger partial charge in [0.2, 0.25) is 5.69 Å². The van der Waals surface area contributed by atoms with Gasteiger partial charge in [0.05, 0.1) is 0 Å². The second-order valence-electron chi connectivity index (χ2n) is 4.88. The number of nitrogens with one attached hydrogen (secondary N) is 2. The predicted molar refractivity (Wildman–Crippen MR) is 88.5 cm³/mol. The van der Waals surface area contributed by atoms with E-state index in [9.17, 15) is 9.59 Å². The minimum absolute atomic E-state index is 0.204. The molecule has 1 amide bonds. The van der Waals surface area contributed by atoms with Gasteiger partial charge < -0.3 is 10.3 Å². The Hall–Kier alpha value is -3.06. The fourth-order valence-corrected chi connectivity index (χ4v) is 2.10. The monoisotopic (exact) mass is 341 g/mol. The maximum absolute atomic E-state index is 12.1. The lowest BCUT2D eigenvalue weighted by Gasteiger charge is -2.05. The molecule has 0 aliphatic carbocycles. The van der Waals surface area contributed by atoms with Crippen LogP contribution in [0.15, 0.2) is 53.5 Å². The second-order valence-corrected chi connectivity index (χ2v) is 5.31. The molecule has 0 radical (unpaired) electrons. The minimum atomic E-state index is -0.626. The number of aromatic amines is 1. The Morgan fingerprint density at radius 2 is 1.92 bits per heavy atom. The number of hydrogen-bond acceptors (Lipinski definition) is 5. The molecule has 2 N–H and O–H groups in total. The van der Waals surface area contributed by atoms with Crippen LogP contribution >= 0.6 is 11.6 Å². The Labute approximate surface area is 141 Å². The van der Waals surface area contributed by atoms with Crippen LogP contribution in [0.3, 0.4) is 0 Å². The fourth-order valence-electron chi connectivity index (χ4n) is 1.97. The number of benzene rings is 1. The third-order valence-electron chi connectivity index (χ3n) is 3.19. The van der Waals surface area contributed by atoms with Crippen molar-refractivity contribution in [1.82, 2.24) is 25.5 Å². The van der Waals surface area contributed by atoms with Gasteiger partial charge >= 0.3 is 0 Å². The van der Waals surface area contributed by atoms with Gasteiger partial charge in [0.1, 0.15) is 5.69 Å². The van der Waals surface area contributed by atoms with Crippen LogP contribution < -0.4 is 10.9 Å². The zero-order valence-electron chi connectivity index (χ0n) is 12.4. The predicted octanol–water partition coefficient (Wildman–Crippen LogP) is 1.81. The van der Waals surface area contributed by atoms with Crippen LogP contribution in [0.5, 0.6) is 0 Å². The molecule has 120 valence electrons. The van der Waals surface area contributed by atoms with Gasteiger partial charge in [-0.05, 0) is 29.8 Å². The fraction of sp³-hybridized carbons (Fsp3) is 0.0625. The zero-order chi connectivity index (χ0) is 16.9. The molecule has 0 aliphatic heterocycles. The van der Waals surface area contributed by atoms with Crippen LogP contribution in [0.2, 0.25) is 5.02 Å². The molecule has 2 aromatic heterocycles. The first-order valence-corrected chi connectivity index (χ1v) is 7.42. The number of pyridine rings is 1. The van der Waals surface area contributed by atoms with E-state index < -0.39 is 11.5 Å². The molecule has 0 bridgehead atoms. The summed E-state index contributed by atoms with van der Waals surface area (Å²) in [5, 5.41) is 10.8. The first kappa shape index (κ1) is 15.8. The van der Waals surface area contributed by atoms with Crippen LogP contribution in [0.4, 0.5) is 0 Å². The van der Waals surface area contributed by atoms with Crippen molar-refractivity contribution in [3.05, 3.63) is 75.3 Å². The van der Waals surface area contributed by atoms with E-state index >= 15 is 0 Å². The van der Waals surface area contributed by atoms with E-state index in [4.69, 9.17) is 11.6 Å². The van der Waals surface area contributed by atoms with Crippen molar-refractivity contribution in [2.75, 3.05) is 0 Å².